The average molecular weight is 305 g/mol. The highest BCUT2D eigenvalue weighted by Gasteiger charge is 2.12. The second-order valence-electron chi connectivity index (χ2n) is 5.06. The lowest BCUT2D eigenvalue weighted by atomic mass is 10.0. The minimum absolute atomic E-state index is 0.00184. The van der Waals surface area contributed by atoms with E-state index >= 15 is 0 Å². The molecule has 2 rings (SSSR count). The minimum Gasteiger partial charge on any atom is -0.399 e. The van der Waals surface area contributed by atoms with Gasteiger partial charge < -0.3 is 11.1 Å². The van der Waals surface area contributed by atoms with E-state index < -0.39 is 10.0 Å². The van der Waals surface area contributed by atoms with Crippen LogP contribution in [0.4, 0.5) is 11.4 Å². The summed E-state index contributed by atoms with van der Waals surface area (Å²) in [7, 11) is -3.78. The van der Waals surface area contributed by atoms with E-state index in [1.54, 1.807) is 6.07 Å². The zero-order valence-electron chi connectivity index (χ0n) is 12.0. The van der Waals surface area contributed by atoms with Crippen molar-refractivity contribution >= 4 is 21.4 Å². The van der Waals surface area contributed by atoms with Crippen LogP contribution in [0.1, 0.15) is 24.1 Å². The van der Waals surface area contributed by atoms with Crippen LogP contribution in [0.25, 0.3) is 0 Å². The van der Waals surface area contributed by atoms with Crippen molar-refractivity contribution in [3.63, 3.8) is 0 Å². The van der Waals surface area contributed by atoms with E-state index in [1.165, 1.54) is 12.1 Å². The molecule has 0 bridgehead atoms. The molecule has 0 aliphatic heterocycles. The molecule has 0 heterocycles. The van der Waals surface area contributed by atoms with Crippen LogP contribution in [0.5, 0.6) is 0 Å². The number of nitrogens with one attached hydrogen (secondary N) is 1. The molecule has 0 aliphatic rings. The summed E-state index contributed by atoms with van der Waals surface area (Å²) >= 11 is 0. The van der Waals surface area contributed by atoms with Gasteiger partial charge in [0.05, 0.1) is 4.90 Å². The second-order valence-corrected chi connectivity index (χ2v) is 6.62. The number of anilines is 2. The van der Waals surface area contributed by atoms with Crippen LogP contribution in [-0.4, -0.2) is 8.42 Å². The smallest absolute Gasteiger partial charge is 0.238 e. The molecule has 21 heavy (non-hydrogen) atoms. The van der Waals surface area contributed by atoms with Crippen molar-refractivity contribution in [2.24, 2.45) is 5.14 Å². The Hall–Kier alpha value is -2.05. The molecule has 1 atom stereocenters. The van der Waals surface area contributed by atoms with Gasteiger partial charge in [0.2, 0.25) is 10.0 Å². The van der Waals surface area contributed by atoms with Crippen molar-refractivity contribution in [3.8, 4) is 0 Å². The lowest BCUT2D eigenvalue weighted by Crippen LogP contribution is -2.14. The molecule has 0 aliphatic carbocycles. The molecule has 5 N–H and O–H groups in total. The Morgan fingerprint density at radius 1 is 1.14 bits per heavy atom. The first-order chi connectivity index (χ1) is 9.77. The van der Waals surface area contributed by atoms with Crippen LogP contribution in [0.2, 0.25) is 0 Å². The number of primary sulfonamides is 1. The normalized spacial score (nSPS) is 12.9. The standard InChI is InChI=1S/C15H19N3O2S/c1-10-5-3-4-6-15(10)11(2)18-13-7-12(16)8-14(9-13)21(17,19)20/h3-9,11,18H,16H2,1-2H3,(H2,17,19,20). The van der Waals surface area contributed by atoms with Crippen molar-refractivity contribution in [1.29, 1.82) is 0 Å². The SMILES string of the molecule is Cc1ccccc1C(C)Nc1cc(N)cc(S(N)(=O)=O)c1. The van der Waals surface area contributed by atoms with Crippen LogP contribution in [0, 0.1) is 6.92 Å². The summed E-state index contributed by atoms with van der Waals surface area (Å²) in [5, 5.41) is 8.40. The van der Waals surface area contributed by atoms with Crippen LogP contribution < -0.4 is 16.2 Å². The minimum atomic E-state index is -3.78. The summed E-state index contributed by atoms with van der Waals surface area (Å²) in [6.45, 7) is 4.03. The molecule has 0 fully saturated rings. The molecule has 112 valence electrons. The van der Waals surface area contributed by atoms with Gasteiger partial charge in [-0.25, -0.2) is 13.6 Å². The maximum atomic E-state index is 11.4. The second kappa shape index (κ2) is 5.75. The zero-order chi connectivity index (χ0) is 15.6. The van der Waals surface area contributed by atoms with Crippen molar-refractivity contribution in [1.82, 2.24) is 0 Å². The first kappa shape index (κ1) is 15.3. The molecule has 2 aromatic carbocycles. The number of sulfonamides is 1. The Balaban J connectivity index is 2.32. The maximum absolute atomic E-state index is 11.4. The zero-order valence-corrected chi connectivity index (χ0v) is 12.8. The molecule has 0 saturated heterocycles. The quantitative estimate of drug-likeness (QED) is 0.755. The Morgan fingerprint density at radius 2 is 1.81 bits per heavy atom. The number of rotatable bonds is 4. The average Bonchev–Trinajstić information content (AvgIpc) is 2.37. The number of aryl methyl sites for hydroxylation is 1. The third-order valence-corrected chi connectivity index (χ3v) is 4.19. The van der Waals surface area contributed by atoms with Crippen molar-refractivity contribution in [2.45, 2.75) is 24.8 Å². The predicted octanol–water partition coefficient (Wildman–Crippen LogP) is 2.40. The van der Waals surface area contributed by atoms with Gasteiger partial charge in [0.15, 0.2) is 0 Å². The van der Waals surface area contributed by atoms with Crippen LogP contribution in [0.3, 0.4) is 0 Å². The molecule has 0 saturated carbocycles. The first-order valence-electron chi connectivity index (χ1n) is 6.53. The molecule has 0 amide bonds. The van der Waals surface area contributed by atoms with Gasteiger partial charge >= 0.3 is 0 Å². The highest BCUT2D eigenvalue weighted by molar-refractivity contribution is 7.89. The third-order valence-electron chi connectivity index (χ3n) is 3.30. The summed E-state index contributed by atoms with van der Waals surface area (Å²) in [4.78, 5) is 0.00184. The molecule has 6 heteroatoms. The van der Waals surface area contributed by atoms with Gasteiger partial charge in [-0.2, -0.15) is 0 Å². The Bertz CT molecular complexity index is 757. The fraction of sp³-hybridized carbons (Fsp3) is 0.200. The van der Waals surface area contributed by atoms with E-state index in [2.05, 4.69) is 5.32 Å². The Kier molecular flexibility index (Phi) is 4.20. The van der Waals surface area contributed by atoms with Crippen molar-refractivity contribution in [2.75, 3.05) is 11.1 Å². The number of hydrogen-bond acceptors (Lipinski definition) is 4. The highest BCUT2D eigenvalue weighted by atomic mass is 32.2. The number of nitrogens with two attached hydrogens (primary N) is 2. The van der Waals surface area contributed by atoms with Gasteiger partial charge in [-0.3, -0.25) is 0 Å². The molecular weight excluding hydrogens is 286 g/mol. The molecule has 2 aromatic rings. The van der Waals surface area contributed by atoms with Gasteiger partial charge in [-0.05, 0) is 43.2 Å². The largest absolute Gasteiger partial charge is 0.399 e. The number of benzene rings is 2. The van der Waals surface area contributed by atoms with E-state index in [4.69, 9.17) is 10.9 Å². The fourth-order valence-electron chi connectivity index (χ4n) is 2.27. The van der Waals surface area contributed by atoms with Gasteiger partial charge in [0.1, 0.15) is 0 Å². The van der Waals surface area contributed by atoms with Crippen molar-refractivity contribution < 1.29 is 8.42 Å². The Labute approximate surface area is 125 Å². The van der Waals surface area contributed by atoms with E-state index in [0.29, 0.717) is 11.4 Å². The monoisotopic (exact) mass is 305 g/mol. The van der Waals surface area contributed by atoms with Crippen molar-refractivity contribution in [3.05, 3.63) is 53.6 Å². The lowest BCUT2D eigenvalue weighted by molar-refractivity contribution is 0.598. The van der Waals surface area contributed by atoms with Crippen LogP contribution in [0.15, 0.2) is 47.4 Å². The Morgan fingerprint density at radius 3 is 2.43 bits per heavy atom. The number of nitrogen functional groups attached to an aromatic ring is 1. The third kappa shape index (κ3) is 3.74. The predicted molar refractivity (Wildman–Crippen MR) is 85.4 cm³/mol. The van der Waals surface area contributed by atoms with E-state index in [9.17, 15) is 8.42 Å². The summed E-state index contributed by atoms with van der Waals surface area (Å²) in [6.07, 6.45) is 0. The van der Waals surface area contributed by atoms with Gasteiger partial charge in [-0.15, -0.1) is 0 Å². The lowest BCUT2D eigenvalue weighted by Gasteiger charge is -2.18. The summed E-state index contributed by atoms with van der Waals surface area (Å²) in [5.74, 6) is 0. The maximum Gasteiger partial charge on any atom is 0.238 e. The van der Waals surface area contributed by atoms with Crippen LogP contribution in [-0.2, 0) is 10.0 Å². The summed E-state index contributed by atoms with van der Waals surface area (Å²) < 4.78 is 22.9. The first-order valence-corrected chi connectivity index (χ1v) is 8.07. The molecule has 1 unspecified atom stereocenters. The van der Waals surface area contributed by atoms with Gasteiger partial charge in [0, 0.05) is 17.4 Å². The molecular formula is C15H19N3O2S. The van der Waals surface area contributed by atoms with Gasteiger partial charge in [-0.1, -0.05) is 24.3 Å². The van der Waals surface area contributed by atoms with E-state index in [-0.39, 0.29) is 10.9 Å². The highest BCUT2D eigenvalue weighted by Crippen LogP contribution is 2.25. The van der Waals surface area contributed by atoms with Gasteiger partial charge in [0.25, 0.3) is 0 Å². The number of hydrogen-bond donors (Lipinski definition) is 3. The van der Waals surface area contributed by atoms with Crippen LogP contribution >= 0.6 is 0 Å². The molecule has 0 aromatic heterocycles. The molecule has 0 spiro atoms. The molecule has 0 radical (unpaired) electrons. The summed E-state index contributed by atoms with van der Waals surface area (Å²) in [5.41, 5.74) is 9.01. The fourth-order valence-corrected chi connectivity index (χ4v) is 2.86. The van der Waals surface area contributed by atoms with E-state index in [1.807, 2.05) is 38.1 Å². The molecule has 5 nitrogen and oxygen atoms in total. The summed E-state index contributed by atoms with van der Waals surface area (Å²) in [6, 6.07) is 12.5. The topological polar surface area (TPSA) is 98.2 Å². The van der Waals surface area contributed by atoms with E-state index in [0.717, 1.165) is 11.1 Å².